The molecular weight excluding hydrogens is 234 g/mol. The quantitative estimate of drug-likeness (QED) is 0.477. The van der Waals surface area contributed by atoms with E-state index in [9.17, 15) is 10.1 Å². The van der Waals surface area contributed by atoms with Crippen molar-refractivity contribution in [3.8, 4) is 0 Å². The molecule has 2 aromatic rings. The molecule has 0 atom stereocenters. The first kappa shape index (κ1) is 12.0. The topological polar surface area (TPSA) is 85.9 Å². The van der Waals surface area contributed by atoms with E-state index in [1.54, 1.807) is 18.6 Å². The number of aryl methyl sites for hydroxylation is 1. The fraction of sp³-hybridized carbons (Fsp3) is 0.273. The first-order valence-corrected chi connectivity index (χ1v) is 5.56. The largest absolute Gasteiger partial charge is 0.382 e. The van der Waals surface area contributed by atoms with Gasteiger partial charge >= 0.3 is 5.82 Å². The van der Waals surface area contributed by atoms with Gasteiger partial charge in [0.25, 0.3) is 0 Å². The maximum atomic E-state index is 10.4. The third-order valence-electron chi connectivity index (χ3n) is 2.42. The average molecular weight is 247 g/mol. The van der Waals surface area contributed by atoms with Crippen LogP contribution in [-0.4, -0.2) is 26.0 Å². The van der Waals surface area contributed by atoms with Crippen molar-refractivity contribution in [3.05, 3.63) is 47.2 Å². The summed E-state index contributed by atoms with van der Waals surface area (Å²) >= 11 is 0. The van der Waals surface area contributed by atoms with Crippen molar-refractivity contribution < 1.29 is 4.92 Å². The van der Waals surface area contributed by atoms with E-state index in [2.05, 4.69) is 15.3 Å². The highest BCUT2D eigenvalue weighted by molar-refractivity contribution is 5.43. The van der Waals surface area contributed by atoms with Crippen LogP contribution in [-0.2, 0) is 6.54 Å². The Morgan fingerprint density at radius 1 is 1.44 bits per heavy atom. The summed E-state index contributed by atoms with van der Waals surface area (Å²) in [5, 5.41) is 13.6. The molecule has 0 fully saturated rings. The Morgan fingerprint density at radius 2 is 2.33 bits per heavy atom. The summed E-state index contributed by atoms with van der Waals surface area (Å²) in [4.78, 5) is 17.6. The van der Waals surface area contributed by atoms with Crippen LogP contribution in [0, 0.1) is 10.1 Å². The van der Waals surface area contributed by atoms with E-state index >= 15 is 0 Å². The number of nitro groups is 1. The molecular formula is C11H13N5O2. The summed E-state index contributed by atoms with van der Waals surface area (Å²) in [6.45, 7) is 1.66. The lowest BCUT2D eigenvalue weighted by Gasteiger charge is -2.05. The maximum absolute atomic E-state index is 10.4. The van der Waals surface area contributed by atoms with Gasteiger partial charge in [-0.3, -0.25) is 0 Å². The van der Waals surface area contributed by atoms with Crippen LogP contribution in [0.4, 0.5) is 11.5 Å². The van der Waals surface area contributed by atoms with Crippen LogP contribution < -0.4 is 5.32 Å². The second-order valence-corrected chi connectivity index (χ2v) is 3.74. The zero-order chi connectivity index (χ0) is 12.8. The number of pyridine rings is 1. The molecule has 0 amide bonds. The predicted octanol–water partition coefficient (Wildman–Crippen LogP) is 1.69. The number of nitrogens with zero attached hydrogens (tertiary/aromatic N) is 4. The van der Waals surface area contributed by atoms with Gasteiger partial charge in [-0.1, -0.05) is 0 Å². The smallest absolute Gasteiger partial charge is 0.363 e. The number of aromatic nitrogens is 3. The fourth-order valence-corrected chi connectivity index (χ4v) is 1.51. The zero-order valence-electron chi connectivity index (χ0n) is 9.69. The Labute approximate surface area is 104 Å². The summed E-state index contributed by atoms with van der Waals surface area (Å²) < 4.78 is 2.00. The molecule has 1 N–H and O–H groups in total. The minimum absolute atomic E-state index is 0.140. The number of imidazole rings is 1. The van der Waals surface area contributed by atoms with Crippen LogP contribution in [0.3, 0.4) is 0 Å². The monoisotopic (exact) mass is 247 g/mol. The van der Waals surface area contributed by atoms with Crippen LogP contribution in [0.1, 0.15) is 6.42 Å². The normalized spacial score (nSPS) is 10.2. The molecule has 2 rings (SSSR count). The molecule has 0 aliphatic rings. The molecule has 7 nitrogen and oxygen atoms in total. The van der Waals surface area contributed by atoms with Crippen LogP contribution in [0.2, 0.25) is 0 Å². The molecule has 0 unspecified atom stereocenters. The van der Waals surface area contributed by atoms with Gasteiger partial charge in [0.15, 0.2) is 6.20 Å². The molecule has 7 heteroatoms. The third kappa shape index (κ3) is 3.27. The molecule has 2 aromatic heterocycles. The molecule has 0 aliphatic heterocycles. The van der Waals surface area contributed by atoms with Crippen LogP contribution in [0.5, 0.6) is 0 Å². The highest BCUT2D eigenvalue weighted by atomic mass is 16.6. The lowest BCUT2D eigenvalue weighted by molar-refractivity contribution is -0.389. The van der Waals surface area contributed by atoms with E-state index in [0.717, 1.165) is 25.2 Å². The van der Waals surface area contributed by atoms with Gasteiger partial charge in [-0.05, 0) is 22.4 Å². The van der Waals surface area contributed by atoms with E-state index in [4.69, 9.17) is 0 Å². The lowest BCUT2D eigenvalue weighted by Crippen LogP contribution is -2.06. The van der Waals surface area contributed by atoms with Crippen molar-refractivity contribution in [2.75, 3.05) is 11.9 Å². The highest BCUT2D eigenvalue weighted by Gasteiger charge is 2.05. The van der Waals surface area contributed by atoms with Gasteiger partial charge in [-0.15, -0.1) is 0 Å². The van der Waals surface area contributed by atoms with Crippen molar-refractivity contribution in [2.24, 2.45) is 0 Å². The lowest BCUT2D eigenvalue weighted by atomic mass is 10.3. The van der Waals surface area contributed by atoms with Crippen LogP contribution in [0.15, 0.2) is 37.1 Å². The number of hydrogen-bond acceptors (Lipinski definition) is 5. The van der Waals surface area contributed by atoms with Gasteiger partial charge in [0.1, 0.15) is 0 Å². The van der Waals surface area contributed by atoms with E-state index in [1.165, 1.54) is 12.3 Å². The minimum Gasteiger partial charge on any atom is -0.382 e. The molecule has 0 aromatic carbocycles. The van der Waals surface area contributed by atoms with E-state index < -0.39 is 4.92 Å². The van der Waals surface area contributed by atoms with E-state index in [-0.39, 0.29) is 5.82 Å². The maximum Gasteiger partial charge on any atom is 0.363 e. The number of hydrogen-bond donors (Lipinski definition) is 1. The zero-order valence-corrected chi connectivity index (χ0v) is 9.69. The molecule has 18 heavy (non-hydrogen) atoms. The number of anilines is 1. The Kier molecular flexibility index (Phi) is 3.85. The summed E-state index contributed by atoms with van der Waals surface area (Å²) in [6.07, 6.45) is 7.83. The highest BCUT2D eigenvalue weighted by Crippen LogP contribution is 2.11. The van der Waals surface area contributed by atoms with Gasteiger partial charge < -0.3 is 20.0 Å². The molecule has 94 valence electrons. The van der Waals surface area contributed by atoms with Crippen molar-refractivity contribution in [3.63, 3.8) is 0 Å². The molecule has 0 radical (unpaired) electrons. The Hall–Kier alpha value is -2.44. The van der Waals surface area contributed by atoms with E-state index in [1.807, 2.05) is 10.8 Å². The predicted molar refractivity (Wildman–Crippen MR) is 66.2 cm³/mol. The van der Waals surface area contributed by atoms with Crippen molar-refractivity contribution >= 4 is 11.5 Å². The summed E-state index contributed by atoms with van der Waals surface area (Å²) in [5.74, 6) is -0.140. The molecule has 2 heterocycles. The van der Waals surface area contributed by atoms with Crippen molar-refractivity contribution in [2.45, 2.75) is 13.0 Å². The minimum atomic E-state index is -0.511. The van der Waals surface area contributed by atoms with Crippen LogP contribution >= 0.6 is 0 Å². The van der Waals surface area contributed by atoms with Crippen LogP contribution in [0.25, 0.3) is 0 Å². The van der Waals surface area contributed by atoms with Gasteiger partial charge in [0, 0.05) is 31.5 Å². The van der Waals surface area contributed by atoms with E-state index in [0.29, 0.717) is 0 Å². The molecule has 0 aliphatic carbocycles. The fourth-order valence-electron chi connectivity index (χ4n) is 1.51. The summed E-state index contributed by atoms with van der Waals surface area (Å²) in [5.41, 5.74) is 0.784. The Balaban J connectivity index is 1.75. The summed E-state index contributed by atoms with van der Waals surface area (Å²) in [7, 11) is 0. The van der Waals surface area contributed by atoms with Crippen molar-refractivity contribution in [1.82, 2.24) is 14.5 Å². The number of nitrogens with one attached hydrogen (secondary N) is 1. The SMILES string of the molecule is O=[N+]([O-])c1ccc(NCCCn2ccnc2)cn1. The number of rotatable bonds is 6. The Bertz CT molecular complexity index is 495. The average Bonchev–Trinajstić information content (AvgIpc) is 2.88. The standard InChI is InChI=1S/C11H13N5O2/c17-16(18)11-3-2-10(8-14-11)13-4-1-6-15-7-5-12-9-15/h2-3,5,7-9,13H,1,4,6H2. The first-order valence-electron chi connectivity index (χ1n) is 5.56. The molecule has 0 spiro atoms. The van der Waals surface area contributed by atoms with Gasteiger partial charge in [-0.2, -0.15) is 0 Å². The molecule has 0 bridgehead atoms. The van der Waals surface area contributed by atoms with Gasteiger partial charge in [-0.25, -0.2) is 4.98 Å². The molecule has 0 saturated heterocycles. The van der Waals surface area contributed by atoms with Gasteiger partial charge in [0.05, 0.1) is 12.0 Å². The Morgan fingerprint density at radius 3 is 2.94 bits per heavy atom. The third-order valence-corrected chi connectivity index (χ3v) is 2.42. The first-order chi connectivity index (χ1) is 8.75. The molecule has 0 saturated carbocycles. The van der Waals surface area contributed by atoms with Crippen molar-refractivity contribution in [1.29, 1.82) is 0 Å². The summed E-state index contributed by atoms with van der Waals surface area (Å²) in [6, 6.07) is 3.04. The second-order valence-electron chi connectivity index (χ2n) is 3.74. The van der Waals surface area contributed by atoms with Gasteiger partial charge in [0.2, 0.25) is 0 Å². The second kappa shape index (κ2) is 5.76.